The summed E-state index contributed by atoms with van der Waals surface area (Å²) in [6, 6.07) is 14.3. The molecule has 0 spiro atoms. The number of benzene rings is 2. The fourth-order valence-corrected chi connectivity index (χ4v) is 2.77. The highest BCUT2D eigenvalue weighted by Crippen LogP contribution is 2.30. The Morgan fingerprint density at radius 2 is 1.70 bits per heavy atom. The zero-order valence-electron chi connectivity index (χ0n) is 13.7. The Morgan fingerprint density at radius 1 is 0.963 bits per heavy atom. The highest BCUT2D eigenvalue weighted by molar-refractivity contribution is 5.95. The molecule has 27 heavy (non-hydrogen) atoms. The summed E-state index contributed by atoms with van der Waals surface area (Å²) in [5, 5.41) is 23.1. The monoisotopic (exact) mass is 368 g/mol. The summed E-state index contributed by atoms with van der Waals surface area (Å²) in [7, 11) is 0. The van der Waals surface area contributed by atoms with Crippen LogP contribution in [0, 0.1) is 11.3 Å². The molecule has 0 aliphatic rings. The number of hydrogen-bond acceptors (Lipinski definition) is 4. The number of nitrogens with one attached hydrogen (secondary N) is 2. The molecule has 0 saturated heterocycles. The molecule has 2 heterocycles. The van der Waals surface area contributed by atoms with Crippen LogP contribution in [-0.4, -0.2) is 31.6 Å². The number of nitrogens with zero attached hydrogens (tertiary/aromatic N) is 4. The molecule has 6 nitrogen and oxygen atoms in total. The van der Waals surface area contributed by atoms with Crippen LogP contribution in [0.25, 0.3) is 33.5 Å². The SMILES string of the molecule is N#Cc1ccc(-c2n[nH]c3ccc(-c4n[nH]c(CC(F)(F)F)n4)cc23)cc1. The number of aromatic nitrogens is 5. The Kier molecular flexibility index (Phi) is 3.88. The van der Waals surface area contributed by atoms with Crippen molar-refractivity contribution in [2.45, 2.75) is 12.6 Å². The van der Waals surface area contributed by atoms with Gasteiger partial charge < -0.3 is 0 Å². The van der Waals surface area contributed by atoms with Crippen molar-refractivity contribution >= 4 is 10.9 Å². The number of rotatable bonds is 3. The Hall–Kier alpha value is -3.67. The van der Waals surface area contributed by atoms with Crippen LogP contribution in [0.15, 0.2) is 42.5 Å². The lowest BCUT2D eigenvalue weighted by Crippen LogP contribution is -2.12. The molecule has 0 unspecified atom stereocenters. The molecule has 0 amide bonds. The van der Waals surface area contributed by atoms with Gasteiger partial charge >= 0.3 is 6.18 Å². The van der Waals surface area contributed by atoms with E-state index in [-0.39, 0.29) is 11.6 Å². The zero-order chi connectivity index (χ0) is 19.0. The van der Waals surface area contributed by atoms with Crippen molar-refractivity contribution in [1.29, 1.82) is 5.26 Å². The summed E-state index contributed by atoms with van der Waals surface area (Å²) in [6.45, 7) is 0. The Morgan fingerprint density at radius 3 is 2.41 bits per heavy atom. The predicted molar refractivity (Wildman–Crippen MR) is 91.4 cm³/mol. The summed E-state index contributed by atoms with van der Waals surface area (Å²) in [5.41, 5.74) is 3.36. The Labute approximate surface area is 150 Å². The van der Waals surface area contributed by atoms with Crippen molar-refractivity contribution in [3.8, 4) is 28.7 Å². The minimum absolute atomic E-state index is 0.183. The second-order valence-corrected chi connectivity index (χ2v) is 5.92. The normalized spacial score (nSPS) is 11.6. The van der Waals surface area contributed by atoms with Gasteiger partial charge in [0.25, 0.3) is 0 Å². The minimum Gasteiger partial charge on any atom is -0.277 e. The van der Waals surface area contributed by atoms with Crippen molar-refractivity contribution < 1.29 is 13.2 Å². The van der Waals surface area contributed by atoms with Crippen molar-refractivity contribution in [2.24, 2.45) is 0 Å². The van der Waals surface area contributed by atoms with Gasteiger partial charge in [-0.15, -0.1) is 0 Å². The molecular weight excluding hydrogens is 357 g/mol. The second-order valence-electron chi connectivity index (χ2n) is 5.92. The highest BCUT2D eigenvalue weighted by Gasteiger charge is 2.29. The third-order valence-electron chi connectivity index (χ3n) is 4.01. The Balaban J connectivity index is 1.73. The highest BCUT2D eigenvalue weighted by atomic mass is 19.4. The van der Waals surface area contributed by atoms with E-state index in [4.69, 9.17) is 5.26 Å². The number of fused-ring (bicyclic) bond motifs is 1. The van der Waals surface area contributed by atoms with Gasteiger partial charge in [0.05, 0.1) is 22.8 Å². The fourth-order valence-electron chi connectivity index (χ4n) is 2.77. The summed E-state index contributed by atoms with van der Waals surface area (Å²) in [5.74, 6) is -0.0553. The maximum Gasteiger partial charge on any atom is 0.396 e. The molecule has 0 fully saturated rings. The van der Waals surface area contributed by atoms with Gasteiger partial charge in [-0.25, -0.2) is 4.98 Å². The first kappa shape index (κ1) is 16.8. The van der Waals surface area contributed by atoms with E-state index in [2.05, 4.69) is 31.4 Å². The molecule has 4 rings (SSSR count). The van der Waals surface area contributed by atoms with Gasteiger partial charge in [0.15, 0.2) is 5.82 Å². The first-order chi connectivity index (χ1) is 12.9. The van der Waals surface area contributed by atoms with Crippen LogP contribution in [0.1, 0.15) is 11.4 Å². The second kappa shape index (κ2) is 6.25. The molecule has 134 valence electrons. The summed E-state index contributed by atoms with van der Waals surface area (Å²) < 4.78 is 37.5. The van der Waals surface area contributed by atoms with E-state index in [1.807, 2.05) is 0 Å². The van der Waals surface area contributed by atoms with Gasteiger partial charge in [0.2, 0.25) is 0 Å². The summed E-state index contributed by atoms with van der Waals surface area (Å²) in [4.78, 5) is 3.93. The van der Waals surface area contributed by atoms with Crippen molar-refractivity contribution in [3.63, 3.8) is 0 Å². The van der Waals surface area contributed by atoms with Gasteiger partial charge in [-0.1, -0.05) is 12.1 Å². The minimum atomic E-state index is -4.35. The first-order valence-electron chi connectivity index (χ1n) is 7.90. The Bertz CT molecular complexity index is 1150. The van der Waals surface area contributed by atoms with Crippen LogP contribution in [0.5, 0.6) is 0 Å². The summed E-state index contributed by atoms with van der Waals surface area (Å²) >= 11 is 0. The molecule has 2 aromatic heterocycles. The number of hydrogen-bond donors (Lipinski definition) is 2. The molecule has 0 aliphatic carbocycles. The van der Waals surface area contributed by atoms with Gasteiger partial charge in [0, 0.05) is 16.5 Å². The van der Waals surface area contributed by atoms with Crippen LogP contribution in [0.3, 0.4) is 0 Å². The molecular formula is C18H11F3N6. The fraction of sp³-hybridized carbons (Fsp3) is 0.111. The number of alkyl halides is 3. The van der Waals surface area contributed by atoms with Crippen molar-refractivity contribution in [3.05, 3.63) is 53.9 Å². The van der Waals surface area contributed by atoms with E-state index in [1.165, 1.54) is 0 Å². The van der Waals surface area contributed by atoms with Crippen LogP contribution in [-0.2, 0) is 6.42 Å². The average molecular weight is 368 g/mol. The molecule has 2 aromatic carbocycles. The first-order valence-corrected chi connectivity index (χ1v) is 7.90. The van der Waals surface area contributed by atoms with Gasteiger partial charge in [-0.2, -0.15) is 28.6 Å². The molecule has 0 atom stereocenters. The maximum absolute atomic E-state index is 12.5. The number of aromatic amines is 2. The van der Waals surface area contributed by atoms with E-state index in [9.17, 15) is 13.2 Å². The van der Waals surface area contributed by atoms with E-state index >= 15 is 0 Å². The third-order valence-corrected chi connectivity index (χ3v) is 4.01. The van der Waals surface area contributed by atoms with E-state index in [0.717, 1.165) is 16.5 Å². The molecule has 0 saturated carbocycles. The predicted octanol–water partition coefficient (Wildman–Crippen LogP) is 3.99. The van der Waals surface area contributed by atoms with Crippen LogP contribution < -0.4 is 0 Å². The van der Waals surface area contributed by atoms with Crippen molar-refractivity contribution in [1.82, 2.24) is 25.4 Å². The van der Waals surface area contributed by atoms with Gasteiger partial charge in [-0.3, -0.25) is 10.2 Å². The largest absolute Gasteiger partial charge is 0.396 e. The molecule has 0 radical (unpaired) electrons. The van der Waals surface area contributed by atoms with Crippen molar-refractivity contribution in [2.75, 3.05) is 0 Å². The lowest BCUT2D eigenvalue weighted by atomic mass is 10.0. The maximum atomic E-state index is 12.5. The van der Waals surface area contributed by atoms with Crippen LogP contribution >= 0.6 is 0 Å². The zero-order valence-corrected chi connectivity index (χ0v) is 13.7. The number of halogens is 3. The molecule has 2 N–H and O–H groups in total. The van der Waals surface area contributed by atoms with Crippen LogP contribution in [0.2, 0.25) is 0 Å². The summed E-state index contributed by atoms with van der Waals surface area (Å²) in [6.07, 6.45) is -5.52. The lowest BCUT2D eigenvalue weighted by molar-refractivity contribution is -0.128. The lowest BCUT2D eigenvalue weighted by Gasteiger charge is -2.01. The molecule has 9 heteroatoms. The van der Waals surface area contributed by atoms with E-state index in [0.29, 0.717) is 16.8 Å². The standard InChI is InChI=1S/C18H11F3N6/c19-18(20,21)8-15-23-17(27-25-15)12-5-6-14-13(7-12)16(26-24-14)11-3-1-10(9-22)2-4-11/h1-7H,8H2,(H,24,26)(H,23,25,27). The van der Waals surface area contributed by atoms with Gasteiger partial charge in [0.1, 0.15) is 12.2 Å². The van der Waals surface area contributed by atoms with Gasteiger partial charge in [-0.05, 0) is 30.3 Å². The number of nitriles is 1. The molecule has 0 aliphatic heterocycles. The molecule has 4 aromatic rings. The quantitative estimate of drug-likeness (QED) is 0.572. The van der Waals surface area contributed by atoms with E-state index < -0.39 is 12.6 Å². The molecule has 0 bridgehead atoms. The smallest absolute Gasteiger partial charge is 0.277 e. The topological polar surface area (TPSA) is 94.0 Å². The third kappa shape index (κ3) is 3.37. The average Bonchev–Trinajstić information content (AvgIpc) is 3.26. The number of H-pyrrole nitrogens is 2. The van der Waals surface area contributed by atoms with Crippen LogP contribution in [0.4, 0.5) is 13.2 Å². The van der Waals surface area contributed by atoms with E-state index in [1.54, 1.807) is 42.5 Å².